The Balaban J connectivity index is 1.34. The van der Waals surface area contributed by atoms with Gasteiger partial charge in [-0.3, -0.25) is 19.2 Å². The predicted molar refractivity (Wildman–Crippen MR) is 227 cm³/mol. The smallest absolute Gasteiger partial charge is 0.308 e. The largest absolute Gasteiger partial charge is 0.497 e. The van der Waals surface area contributed by atoms with E-state index in [-0.39, 0.29) is 43.6 Å². The molecule has 0 spiro atoms. The molecule has 5 rings (SSSR count). The van der Waals surface area contributed by atoms with Crippen molar-refractivity contribution in [3.8, 4) is 11.5 Å². The summed E-state index contributed by atoms with van der Waals surface area (Å²) in [5.41, 5.74) is 3.08. The van der Waals surface area contributed by atoms with Gasteiger partial charge in [0.15, 0.2) is 0 Å². The predicted octanol–water partition coefficient (Wildman–Crippen LogP) is 5.34. The van der Waals surface area contributed by atoms with E-state index in [9.17, 15) is 19.2 Å². The molecule has 5 aromatic rings. The molecular formula is C47H52N4O8. The van der Waals surface area contributed by atoms with Gasteiger partial charge in [-0.25, -0.2) is 0 Å². The summed E-state index contributed by atoms with van der Waals surface area (Å²) in [5.74, 6) is -1.22. The van der Waals surface area contributed by atoms with Crippen LogP contribution in [0.15, 0.2) is 134 Å². The molecule has 4 N–H and O–H groups in total. The van der Waals surface area contributed by atoms with Crippen molar-refractivity contribution in [3.05, 3.63) is 156 Å². The Bertz CT molecular complexity index is 2150. The molecule has 0 bridgehead atoms. The second kappa shape index (κ2) is 23.0. The molecule has 3 amide bonds. The van der Waals surface area contributed by atoms with E-state index in [1.54, 1.807) is 32.4 Å². The van der Waals surface area contributed by atoms with Gasteiger partial charge in [-0.05, 0) is 65.6 Å². The maximum atomic E-state index is 14.4. The van der Waals surface area contributed by atoms with Crippen molar-refractivity contribution in [1.82, 2.24) is 21.3 Å². The van der Waals surface area contributed by atoms with Crippen molar-refractivity contribution in [2.45, 2.75) is 44.0 Å². The summed E-state index contributed by atoms with van der Waals surface area (Å²) in [5, 5.41) is 13.1. The van der Waals surface area contributed by atoms with Gasteiger partial charge in [0.05, 0.1) is 38.3 Å². The van der Waals surface area contributed by atoms with Gasteiger partial charge in [-0.15, -0.1) is 0 Å². The van der Waals surface area contributed by atoms with Crippen LogP contribution in [0, 0.1) is 0 Å². The molecule has 59 heavy (non-hydrogen) atoms. The van der Waals surface area contributed by atoms with Gasteiger partial charge in [0.1, 0.15) is 36.8 Å². The fraction of sp³-hybridized carbons (Fsp3) is 0.277. The molecule has 0 aliphatic carbocycles. The first-order chi connectivity index (χ1) is 28.8. The zero-order valence-electron chi connectivity index (χ0n) is 33.5. The first-order valence-corrected chi connectivity index (χ1v) is 19.5. The van der Waals surface area contributed by atoms with Crippen LogP contribution in [0.25, 0.3) is 10.8 Å². The Kier molecular flexibility index (Phi) is 17.0. The highest BCUT2D eigenvalue weighted by Gasteiger charge is 2.28. The van der Waals surface area contributed by atoms with Gasteiger partial charge < -0.3 is 40.2 Å². The number of likely N-dealkylation sites (N-methyl/N-ethyl adjacent to an activating group) is 1. The van der Waals surface area contributed by atoms with Crippen LogP contribution >= 0.6 is 0 Å². The van der Waals surface area contributed by atoms with E-state index in [0.29, 0.717) is 30.6 Å². The summed E-state index contributed by atoms with van der Waals surface area (Å²) >= 11 is 0. The van der Waals surface area contributed by atoms with Crippen LogP contribution in [-0.2, 0) is 43.3 Å². The van der Waals surface area contributed by atoms with E-state index >= 15 is 0 Å². The number of carbonyl (C=O) groups excluding carboxylic acids is 4. The Labute approximate surface area is 345 Å². The van der Waals surface area contributed by atoms with Crippen molar-refractivity contribution in [2.24, 2.45) is 0 Å². The first-order valence-electron chi connectivity index (χ1n) is 19.5. The summed E-state index contributed by atoms with van der Waals surface area (Å²) in [6.07, 6.45) is 1.93. The van der Waals surface area contributed by atoms with Crippen LogP contribution in [0.5, 0.6) is 11.5 Å². The van der Waals surface area contributed by atoms with E-state index in [0.717, 1.165) is 22.1 Å². The normalized spacial score (nSPS) is 12.4. The quantitative estimate of drug-likeness (QED) is 0.0507. The third kappa shape index (κ3) is 13.6. The second-order valence-corrected chi connectivity index (χ2v) is 13.8. The highest BCUT2D eigenvalue weighted by atomic mass is 16.5. The van der Waals surface area contributed by atoms with Crippen LogP contribution in [-0.4, -0.2) is 82.3 Å². The molecule has 0 heterocycles. The van der Waals surface area contributed by atoms with E-state index in [1.807, 2.05) is 103 Å². The van der Waals surface area contributed by atoms with Crippen molar-refractivity contribution in [3.63, 3.8) is 0 Å². The Morgan fingerprint density at radius 3 is 2.19 bits per heavy atom. The third-order valence-electron chi connectivity index (χ3n) is 9.49. The molecule has 0 saturated carbocycles. The molecule has 0 unspecified atom stereocenters. The molecule has 0 aliphatic heterocycles. The average Bonchev–Trinajstić information content (AvgIpc) is 3.26. The number of hydrogen-bond donors (Lipinski definition) is 4. The van der Waals surface area contributed by atoms with Gasteiger partial charge in [0.2, 0.25) is 11.8 Å². The molecule has 0 saturated heterocycles. The fourth-order valence-corrected chi connectivity index (χ4v) is 6.41. The number of ether oxygens (including phenoxy) is 4. The molecule has 0 radical (unpaired) electrons. The first kappa shape index (κ1) is 43.6. The number of nitrogens with one attached hydrogen (secondary N) is 4. The number of carbonyl (C=O) groups is 4. The topological polar surface area (TPSA) is 153 Å². The van der Waals surface area contributed by atoms with E-state index in [1.165, 1.54) is 6.08 Å². The molecule has 308 valence electrons. The number of fused-ring (bicyclic) bond motifs is 1. The molecule has 0 aliphatic rings. The lowest BCUT2D eigenvalue weighted by atomic mass is 10.0. The number of amides is 3. The standard InChI is InChI=1S/C47H52N4O8/c1-4-26-58-43(52)29-40(45(53)49-25-24-34-18-13-20-38(28-34)56-3)51-47(55)44-39-21-12-11-19-36(39)22-23-42(44)59-31-37(27-33-14-7-5-8-15-33)50-46(54)41(48-2)32-57-30-35-16-9-6-10-17-35/h4-23,28,37,40-41,48H,1,24-27,29-32H2,2-3H3,(H,49,53)(H,50,54)(H,51,55)/t37-,40+,41-/m1/s1. The van der Waals surface area contributed by atoms with E-state index < -0.39 is 42.3 Å². The maximum Gasteiger partial charge on any atom is 0.308 e. The zero-order valence-corrected chi connectivity index (χ0v) is 33.5. The number of esters is 1. The van der Waals surface area contributed by atoms with Gasteiger partial charge in [-0.1, -0.05) is 116 Å². The van der Waals surface area contributed by atoms with E-state index in [4.69, 9.17) is 18.9 Å². The van der Waals surface area contributed by atoms with Crippen LogP contribution in [0.2, 0.25) is 0 Å². The monoisotopic (exact) mass is 800 g/mol. The van der Waals surface area contributed by atoms with Crippen LogP contribution in [0.1, 0.15) is 33.5 Å². The number of hydrogen-bond acceptors (Lipinski definition) is 9. The number of rotatable bonds is 23. The van der Waals surface area contributed by atoms with Crippen molar-refractivity contribution in [2.75, 3.05) is 40.5 Å². The van der Waals surface area contributed by atoms with Gasteiger partial charge in [0, 0.05) is 6.54 Å². The van der Waals surface area contributed by atoms with Gasteiger partial charge >= 0.3 is 5.97 Å². The molecule has 3 atom stereocenters. The van der Waals surface area contributed by atoms with E-state index in [2.05, 4.69) is 27.8 Å². The fourth-order valence-electron chi connectivity index (χ4n) is 6.41. The minimum Gasteiger partial charge on any atom is -0.497 e. The van der Waals surface area contributed by atoms with Crippen molar-refractivity contribution >= 4 is 34.5 Å². The van der Waals surface area contributed by atoms with Gasteiger partial charge in [0.25, 0.3) is 5.91 Å². The highest BCUT2D eigenvalue weighted by Crippen LogP contribution is 2.29. The lowest BCUT2D eigenvalue weighted by molar-refractivity contribution is -0.144. The Morgan fingerprint density at radius 2 is 1.46 bits per heavy atom. The Morgan fingerprint density at radius 1 is 0.746 bits per heavy atom. The highest BCUT2D eigenvalue weighted by molar-refractivity contribution is 6.10. The SMILES string of the molecule is C=CCOC(=O)C[C@H](NC(=O)c1c(OC[C@@H](Cc2ccccc2)NC(=O)[C@@H](COCc2ccccc2)NC)ccc2ccccc12)C(=O)NCCc1cccc(OC)c1. The maximum absolute atomic E-state index is 14.4. The van der Waals surface area contributed by atoms with Crippen molar-refractivity contribution < 1.29 is 38.1 Å². The minimum atomic E-state index is -1.27. The summed E-state index contributed by atoms with van der Waals surface area (Å²) in [4.78, 5) is 54.4. The second-order valence-electron chi connectivity index (χ2n) is 13.8. The molecule has 12 heteroatoms. The summed E-state index contributed by atoms with van der Waals surface area (Å²) in [6, 6.07) is 35.3. The molecular weight excluding hydrogens is 749 g/mol. The van der Waals surface area contributed by atoms with Crippen molar-refractivity contribution in [1.29, 1.82) is 0 Å². The van der Waals surface area contributed by atoms with Crippen LogP contribution < -0.4 is 30.7 Å². The lowest BCUT2D eigenvalue weighted by Gasteiger charge is -2.24. The van der Waals surface area contributed by atoms with Gasteiger partial charge in [-0.2, -0.15) is 0 Å². The summed E-state index contributed by atoms with van der Waals surface area (Å²) in [7, 11) is 3.28. The molecule has 5 aromatic carbocycles. The third-order valence-corrected chi connectivity index (χ3v) is 9.49. The molecule has 0 fully saturated rings. The average molecular weight is 801 g/mol. The minimum absolute atomic E-state index is 0.00261. The number of benzene rings is 5. The summed E-state index contributed by atoms with van der Waals surface area (Å²) < 4.78 is 22.8. The lowest BCUT2D eigenvalue weighted by Crippen LogP contribution is -2.51. The van der Waals surface area contributed by atoms with Crippen LogP contribution in [0.3, 0.4) is 0 Å². The zero-order chi connectivity index (χ0) is 41.8. The number of methoxy groups -OCH3 is 1. The summed E-state index contributed by atoms with van der Waals surface area (Å²) in [6.45, 7) is 4.27. The molecule has 0 aromatic heterocycles. The van der Waals surface area contributed by atoms with Crippen LogP contribution in [0.4, 0.5) is 0 Å². The molecule has 12 nitrogen and oxygen atoms in total. The Hall–Kier alpha value is -6.50.